The van der Waals surface area contributed by atoms with Gasteiger partial charge in [0, 0.05) is 0 Å². The average molecular weight is 495 g/mol. The van der Waals surface area contributed by atoms with E-state index in [0.29, 0.717) is 11.0 Å². The molecule has 0 saturated heterocycles. The Morgan fingerprint density at radius 2 is 1.67 bits per heavy atom. The van der Waals surface area contributed by atoms with Crippen LogP contribution >= 0.6 is 11.6 Å². The minimum absolute atomic E-state index is 0.133. The predicted octanol–water partition coefficient (Wildman–Crippen LogP) is 4.62. The van der Waals surface area contributed by atoms with Crippen LogP contribution in [-0.4, -0.2) is 32.4 Å². The van der Waals surface area contributed by atoms with Crippen LogP contribution in [0.15, 0.2) is 53.9 Å². The van der Waals surface area contributed by atoms with Crippen molar-refractivity contribution in [1.82, 2.24) is 14.9 Å². The molecule has 33 heavy (non-hydrogen) atoms. The van der Waals surface area contributed by atoms with Crippen LogP contribution in [0, 0.1) is 0 Å². The van der Waals surface area contributed by atoms with Gasteiger partial charge in [0.2, 0.25) is 0 Å². The minimum Gasteiger partial charge on any atom is -0.455 e. The molecule has 0 aliphatic carbocycles. The molecule has 2 heterocycles. The molecule has 8 nitrogen and oxygen atoms in total. The van der Waals surface area contributed by atoms with Gasteiger partial charge in [-0.15, -0.1) is 23.1 Å². The summed E-state index contributed by atoms with van der Waals surface area (Å²) in [6.45, 7) is 0. The largest absolute Gasteiger partial charge is 0.573 e. The van der Waals surface area contributed by atoms with Gasteiger partial charge in [-0.1, -0.05) is 11.6 Å². The van der Waals surface area contributed by atoms with E-state index in [0.717, 1.165) is 42.7 Å². The first-order chi connectivity index (χ1) is 15.3. The number of alkyl halides is 6. The number of rotatable bonds is 4. The molecular weight excluding hydrogens is 486 g/mol. The number of benzene rings is 1. The molecule has 0 spiro atoms. The lowest BCUT2D eigenvalue weighted by molar-refractivity contribution is -0.274. The van der Waals surface area contributed by atoms with Gasteiger partial charge >= 0.3 is 12.5 Å². The Hall–Kier alpha value is -3.81. The lowest BCUT2D eigenvalue weighted by Crippen LogP contribution is -2.17. The summed E-state index contributed by atoms with van der Waals surface area (Å²) in [5, 5.41) is 11.3. The lowest BCUT2D eigenvalue weighted by Gasteiger charge is -2.15. The Kier molecular flexibility index (Phi) is 6.48. The van der Waals surface area contributed by atoms with E-state index < -0.39 is 46.2 Å². The van der Waals surface area contributed by atoms with Crippen LogP contribution in [0.1, 0.15) is 16.1 Å². The van der Waals surface area contributed by atoms with Crippen molar-refractivity contribution < 1.29 is 45.8 Å². The summed E-state index contributed by atoms with van der Waals surface area (Å²) in [6.07, 6.45) is -7.43. The number of pyridine rings is 1. The fourth-order valence-corrected chi connectivity index (χ4v) is 2.69. The number of hydrogen-bond acceptors (Lipinski definition) is 6. The van der Waals surface area contributed by atoms with E-state index in [9.17, 15) is 31.1 Å². The van der Waals surface area contributed by atoms with E-state index in [4.69, 9.17) is 21.5 Å². The van der Waals surface area contributed by atoms with Crippen LogP contribution in [0.4, 0.5) is 26.3 Å². The molecule has 15 heteroatoms. The number of hydrogen-bond donors (Lipinski definition) is 1. The molecular formula is C18H9ClF6N4O4. The molecule has 0 radical (unpaired) electrons. The van der Waals surface area contributed by atoms with Crippen LogP contribution in [0.2, 0.25) is 5.02 Å². The second kappa shape index (κ2) is 8.97. The molecule has 0 saturated carbocycles. The van der Waals surface area contributed by atoms with Gasteiger partial charge in [-0.3, -0.25) is 4.79 Å². The van der Waals surface area contributed by atoms with Gasteiger partial charge in [0.05, 0.1) is 29.0 Å². The fourth-order valence-electron chi connectivity index (χ4n) is 2.36. The van der Waals surface area contributed by atoms with Gasteiger partial charge in [-0.25, -0.2) is 9.98 Å². The molecule has 0 fully saturated rings. The molecule has 2 aromatic heterocycles. The monoisotopic (exact) mass is 494 g/mol. The molecule has 3 rings (SSSR count). The van der Waals surface area contributed by atoms with E-state index in [1.54, 1.807) is 0 Å². The Morgan fingerprint density at radius 1 is 1.03 bits per heavy atom. The van der Waals surface area contributed by atoms with E-state index in [1.807, 2.05) is 0 Å². The van der Waals surface area contributed by atoms with Crippen molar-refractivity contribution in [3.05, 3.63) is 70.6 Å². The summed E-state index contributed by atoms with van der Waals surface area (Å²) in [5.41, 5.74) is -2.39. The first kappa shape index (κ1) is 23.8. The smallest absolute Gasteiger partial charge is 0.455 e. The van der Waals surface area contributed by atoms with Gasteiger partial charge in [0.1, 0.15) is 17.1 Å². The number of ether oxygens (including phenoxy) is 2. The third-order valence-electron chi connectivity index (χ3n) is 3.67. The number of carbonyl (C=O) groups is 1. The molecule has 0 atom stereocenters. The summed E-state index contributed by atoms with van der Waals surface area (Å²) in [7, 11) is 0. The van der Waals surface area contributed by atoms with Crippen molar-refractivity contribution >= 4 is 17.5 Å². The topological polar surface area (TPSA) is 98.8 Å². The molecule has 0 unspecified atom stereocenters. The Bertz CT molecular complexity index is 1220. The molecule has 1 amide bonds. The maximum absolute atomic E-state index is 13.2. The number of amides is 1. The van der Waals surface area contributed by atoms with Crippen LogP contribution in [0.5, 0.6) is 17.2 Å². The standard InChI is InChI=1S/C18H9ClF6N4O4/c19-14-13(16(30)28-9-5-6-29(31)27-7-9)12(8-26-15(14)17(20,21)22)32-10-1-3-11(4-2-10)33-18(23,24)25/h1-8,31H. The van der Waals surface area contributed by atoms with Gasteiger partial charge in [0.25, 0.3) is 5.91 Å². The Labute approximate surface area is 184 Å². The summed E-state index contributed by atoms with van der Waals surface area (Å²) in [5.74, 6) is -2.56. The minimum atomic E-state index is -5.02. The summed E-state index contributed by atoms with van der Waals surface area (Å²) < 4.78 is 85.5. The van der Waals surface area contributed by atoms with E-state index >= 15 is 0 Å². The van der Waals surface area contributed by atoms with E-state index in [1.165, 1.54) is 0 Å². The van der Waals surface area contributed by atoms with Crippen molar-refractivity contribution in [3.8, 4) is 17.2 Å². The van der Waals surface area contributed by atoms with Crippen LogP contribution < -0.4 is 14.8 Å². The highest BCUT2D eigenvalue weighted by molar-refractivity contribution is 6.35. The van der Waals surface area contributed by atoms with Crippen LogP contribution in [0.25, 0.3) is 0 Å². The van der Waals surface area contributed by atoms with Crippen molar-refractivity contribution in [1.29, 1.82) is 0 Å². The second-order valence-corrected chi connectivity index (χ2v) is 6.38. The predicted molar refractivity (Wildman–Crippen MR) is 96.8 cm³/mol. The summed E-state index contributed by atoms with van der Waals surface area (Å²) >= 11 is 5.80. The highest BCUT2D eigenvalue weighted by atomic mass is 35.5. The van der Waals surface area contributed by atoms with Crippen LogP contribution in [0.3, 0.4) is 0 Å². The fraction of sp³-hybridized carbons (Fsp3) is 0.111. The molecule has 1 aromatic carbocycles. The van der Waals surface area contributed by atoms with Crippen molar-refractivity contribution in [2.75, 3.05) is 0 Å². The van der Waals surface area contributed by atoms with E-state index in [2.05, 4.69) is 19.8 Å². The normalized spacial score (nSPS) is 12.5. The maximum atomic E-state index is 13.2. The third-order valence-corrected chi connectivity index (χ3v) is 4.04. The second-order valence-electron chi connectivity index (χ2n) is 6.00. The lowest BCUT2D eigenvalue weighted by atomic mass is 10.2. The molecule has 0 aliphatic heterocycles. The number of nitrogens with zero attached hydrogens (tertiary/aromatic N) is 4. The molecule has 0 aliphatic rings. The van der Waals surface area contributed by atoms with Gasteiger partial charge in [0.15, 0.2) is 11.4 Å². The molecule has 174 valence electrons. The number of carbonyl (C=O) groups excluding carboxylic acids is 1. The zero-order chi connectivity index (χ0) is 24.4. The Morgan fingerprint density at radius 3 is 2.21 bits per heavy atom. The summed E-state index contributed by atoms with van der Waals surface area (Å²) in [6, 6.07) is 4.92. The number of halogens is 7. The zero-order valence-electron chi connectivity index (χ0n) is 15.7. The Balaban J connectivity index is 2.02. The molecule has 1 N–H and O–H groups in total. The van der Waals surface area contributed by atoms with Crippen molar-refractivity contribution in [2.24, 2.45) is 4.99 Å². The zero-order valence-corrected chi connectivity index (χ0v) is 16.5. The average Bonchev–Trinajstić information content (AvgIpc) is 2.69. The number of aromatic nitrogens is 3. The highest BCUT2D eigenvalue weighted by Crippen LogP contribution is 2.39. The highest BCUT2D eigenvalue weighted by Gasteiger charge is 2.38. The quantitative estimate of drug-likeness (QED) is 0.420. The summed E-state index contributed by atoms with van der Waals surface area (Å²) in [4.78, 5) is 19.8. The molecule has 3 aromatic rings. The van der Waals surface area contributed by atoms with Crippen LogP contribution in [-0.2, 0) is 6.18 Å². The van der Waals surface area contributed by atoms with Gasteiger partial charge < -0.3 is 14.7 Å². The molecule has 0 bridgehead atoms. The van der Waals surface area contributed by atoms with Crippen molar-refractivity contribution in [3.63, 3.8) is 0 Å². The first-order valence-electron chi connectivity index (χ1n) is 8.46. The van der Waals surface area contributed by atoms with Gasteiger partial charge in [-0.05, 0) is 30.3 Å². The third kappa shape index (κ3) is 6.12. The maximum Gasteiger partial charge on any atom is 0.573 e. The van der Waals surface area contributed by atoms with Crippen molar-refractivity contribution in [2.45, 2.75) is 12.5 Å². The first-order valence-corrected chi connectivity index (χ1v) is 8.84. The van der Waals surface area contributed by atoms with Gasteiger partial charge in [-0.2, -0.15) is 13.2 Å². The van der Waals surface area contributed by atoms with E-state index in [-0.39, 0.29) is 11.1 Å². The SMILES string of the molecule is O=C(N=c1ccn(O)nc1)c1c(Oc2ccc(OC(F)(F)F)cc2)cnc(C(F)(F)F)c1Cl.